The number of halogens is 1. The second kappa shape index (κ2) is 4.65. The lowest BCUT2D eigenvalue weighted by molar-refractivity contribution is 0.415. The molecule has 1 nitrogen and oxygen atoms in total. The summed E-state index contributed by atoms with van der Waals surface area (Å²) in [5.41, 5.74) is 0.876. The highest BCUT2D eigenvalue weighted by Crippen LogP contribution is 2.09. The van der Waals surface area contributed by atoms with Crippen molar-refractivity contribution in [2.45, 2.75) is 0 Å². The van der Waals surface area contributed by atoms with Crippen LogP contribution in [0.2, 0.25) is 0 Å². The maximum Gasteiger partial charge on any atom is 0.118 e. The van der Waals surface area contributed by atoms with E-state index < -0.39 is 0 Å². The number of terminal acetylenes is 1. The van der Waals surface area contributed by atoms with Crippen molar-refractivity contribution in [1.82, 2.24) is 0 Å². The van der Waals surface area contributed by atoms with Gasteiger partial charge in [0.25, 0.3) is 0 Å². The Balaban J connectivity index is 0.000001000. The number of rotatable bonds is 1. The molecule has 1 rings (SSSR count). The van der Waals surface area contributed by atoms with E-state index in [-0.39, 0.29) is 12.4 Å². The van der Waals surface area contributed by atoms with Crippen molar-refractivity contribution in [3.05, 3.63) is 29.8 Å². The SMILES string of the molecule is C#Cc1ccc(OC)cc1.Cl. The Bertz CT molecular complexity index is 245. The first-order valence-corrected chi connectivity index (χ1v) is 2.97. The zero-order valence-corrected chi connectivity index (χ0v) is 7.02. The van der Waals surface area contributed by atoms with E-state index in [2.05, 4.69) is 5.92 Å². The molecule has 0 amide bonds. The molecule has 0 aromatic heterocycles. The molecule has 1 aromatic carbocycles. The van der Waals surface area contributed by atoms with Gasteiger partial charge in [-0.1, -0.05) is 5.92 Å². The minimum atomic E-state index is 0. The van der Waals surface area contributed by atoms with Crippen molar-refractivity contribution in [3.63, 3.8) is 0 Å². The lowest BCUT2D eigenvalue weighted by Crippen LogP contribution is -1.81. The predicted molar refractivity (Wildman–Crippen MR) is 48.2 cm³/mol. The summed E-state index contributed by atoms with van der Waals surface area (Å²) in [7, 11) is 1.63. The van der Waals surface area contributed by atoms with E-state index in [9.17, 15) is 0 Å². The first kappa shape index (κ1) is 9.87. The van der Waals surface area contributed by atoms with Gasteiger partial charge in [-0.05, 0) is 24.3 Å². The summed E-state index contributed by atoms with van der Waals surface area (Å²) in [4.78, 5) is 0. The number of hydrogen-bond donors (Lipinski definition) is 0. The molecule has 0 saturated carbocycles. The average molecular weight is 169 g/mol. The smallest absolute Gasteiger partial charge is 0.118 e. The van der Waals surface area contributed by atoms with Gasteiger partial charge in [0.05, 0.1) is 7.11 Å². The van der Waals surface area contributed by atoms with Gasteiger partial charge < -0.3 is 4.74 Å². The molecule has 0 saturated heterocycles. The zero-order chi connectivity index (χ0) is 7.40. The standard InChI is InChI=1S/C9H8O.ClH/c1-3-8-4-6-9(10-2)7-5-8;/h1,4-7H,2H3;1H. The average Bonchev–Trinajstić information content (AvgIpc) is 2.05. The Morgan fingerprint density at radius 1 is 1.27 bits per heavy atom. The lowest BCUT2D eigenvalue weighted by atomic mass is 10.2. The fourth-order valence-electron chi connectivity index (χ4n) is 0.687. The molecule has 0 radical (unpaired) electrons. The van der Waals surface area contributed by atoms with Gasteiger partial charge in [-0.2, -0.15) is 0 Å². The molecular formula is C9H9ClO. The van der Waals surface area contributed by atoms with Crippen molar-refractivity contribution >= 4 is 12.4 Å². The molecule has 0 unspecified atom stereocenters. The Morgan fingerprint density at radius 2 is 1.82 bits per heavy atom. The van der Waals surface area contributed by atoms with Crippen molar-refractivity contribution in [2.75, 3.05) is 7.11 Å². The molecule has 0 bridgehead atoms. The summed E-state index contributed by atoms with van der Waals surface area (Å²) in [6.07, 6.45) is 5.15. The van der Waals surface area contributed by atoms with Crippen LogP contribution in [0, 0.1) is 12.3 Å². The van der Waals surface area contributed by atoms with E-state index in [1.807, 2.05) is 24.3 Å². The first-order valence-electron chi connectivity index (χ1n) is 2.97. The van der Waals surface area contributed by atoms with Gasteiger partial charge in [-0.15, -0.1) is 18.8 Å². The molecule has 0 aliphatic carbocycles. The van der Waals surface area contributed by atoms with Gasteiger partial charge in [0.1, 0.15) is 5.75 Å². The lowest BCUT2D eigenvalue weighted by Gasteiger charge is -1.96. The minimum absolute atomic E-state index is 0. The van der Waals surface area contributed by atoms with Crippen LogP contribution >= 0.6 is 12.4 Å². The number of benzene rings is 1. The van der Waals surface area contributed by atoms with Crippen LogP contribution in [0.5, 0.6) is 5.75 Å². The highest BCUT2D eigenvalue weighted by atomic mass is 35.5. The summed E-state index contributed by atoms with van der Waals surface area (Å²) in [6.45, 7) is 0. The summed E-state index contributed by atoms with van der Waals surface area (Å²) >= 11 is 0. The van der Waals surface area contributed by atoms with Crippen molar-refractivity contribution < 1.29 is 4.74 Å². The summed E-state index contributed by atoms with van der Waals surface area (Å²) in [6, 6.07) is 7.38. The molecule has 0 N–H and O–H groups in total. The molecule has 0 heterocycles. The third kappa shape index (κ3) is 2.53. The number of methoxy groups -OCH3 is 1. The Labute approximate surface area is 72.8 Å². The fourth-order valence-corrected chi connectivity index (χ4v) is 0.687. The van der Waals surface area contributed by atoms with Crippen LogP contribution in [0.4, 0.5) is 0 Å². The second-order valence-corrected chi connectivity index (χ2v) is 1.87. The molecule has 1 aromatic rings. The number of hydrogen-bond acceptors (Lipinski definition) is 1. The topological polar surface area (TPSA) is 9.23 Å². The minimum Gasteiger partial charge on any atom is -0.497 e. The van der Waals surface area contributed by atoms with E-state index >= 15 is 0 Å². The van der Waals surface area contributed by atoms with Crippen LogP contribution < -0.4 is 4.74 Å². The highest BCUT2D eigenvalue weighted by molar-refractivity contribution is 5.85. The van der Waals surface area contributed by atoms with E-state index in [4.69, 9.17) is 11.2 Å². The summed E-state index contributed by atoms with van der Waals surface area (Å²) in [5.74, 6) is 3.36. The quantitative estimate of drug-likeness (QED) is 0.584. The molecular weight excluding hydrogens is 160 g/mol. The molecule has 0 atom stereocenters. The third-order valence-electron chi connectivity index (χ3n) is 1.26. The van der Waals surface area contributed by atoms with Gasteiger partial charge in [0.2, 0.25) is 0 Å². The van der Waals surface area contributed by atoms with E-state index in [1.165, 1.54) is 0 Å². The highest BCUT2D eigenvalue weighted by Gasteiger charge is 1.87. The Morgan fingerprint density at radius 3 is 2.18 bits per heavy atom. The van der Waals surface area contributed by atoms with Crippen molar-refractivity contribution in [1.29, 1.82) is 0 Å². The molecule has 11 heavy (non-hydrogen) atoms. The molecule has 2 heteroatoms. The van der Waals surface area contributed by atoms with Crippen LogP contribution in [0.1, 0.15) is 5.56 Å². The number of ether oxygens (including phenoxy) is 1. The van der Waals surface area contributed by atoms with Gasteiger partial charge in [0.15, 0.2) is 0 Å². The van der Waals surface area contributed by atoms with Crippen LogP contribution in [0.3, 0.4) is 0 Å². The second-order valence-electron chi connectivity index (χ2n) is 1.87. The third-order valence-corrected chi connectivity index (χ3v) is 1.26. The molecule has 0 aliphatic rings. The van der Waals surface area contributed by atoms with Crippen LogP contribution in [-0.2, 0) is 0 Å². The molecule has 0 aliphatic heterocycles. The Hall–Kier alpha value is -1.13. The molecule has 0 spiro atoms. The maximum atomic E-state index is 5.15. The van der Waals surface area contributed by atoms with Gasteiger partial charge >= 0.3 is 0 Å². The van der Waals surface area contributed by atoms with Crippen molar-refractivity contribution in [3.8, 4) is 18.1 Å². The van der Waals surface area contributed by atoms with Crippen LogP contribution in [0.25, 0.3) is 0 Å². The van der Waals surface area contributed by atoms with Crippen molar-refractivity contribution in [2.24, 2.45) is 0 Å². The molecule has 58 valence electrons. The summed E-state index contributed by atoms with van der Waals surface area (Å²) < 4.78 is 4.95. The zero-order valence-electron chi connectivity index (χ0n) is 6.20. The van der Waals surface area contributed by atoms with Gasteiger partial charge in [-0.3, -0.25) is 0 Å². The molecule has 0 fully saturated rings. The van der Waals surface area contributed by atoms with Crippen LogP contribution in [-0.4, -0.2) is 7.11 Å². The summed E-state index contributed by atoms with van der Waals surface area (Å²) in [5, 5.41) is 0. The monoisotopic (exact) mass is 168 g/mol. The van der Waals surface area contributed by atoms with Gasteiger partial charge in [0, 0.05) is 5.56 Å². The fraction of sp³-hybridized carbons (Fsp3) is 0.111. The Kier molecular flexibility index (Phi) is 4.17. The van der Waals surface area contributed by atoms with E-state index in [0.717, 1.165) is 11.3 Å². The van der Waals surface area contributed by atoms with E-state index in [1.54, 1.807) is 7.11 Å². The van der Waals surface area contributed by atoms with Gasteiger partial charge in [-0.25, -0.2) is 0 Å². The van der Waals surface area contributed by atoms with Crippen LogP contribution in [0.15, 0.2) is 24.3 Å². The largest absolute Gasteiger partial charge is 0.497 e. The van der Waals surface area contributed by atoms with E-state index in [0.29, 0.717) is 0 Å². The maximum absolute atomic E-state index is 5.15. The first-order chi connectivity index (χ1) is 4.86. The normalized spacial score (nSPS) is 7.64. The predicted octanol–water partition coefficient (Wildman–Crippen LogP) is 2.10.